The quantitative estimate of drug-likeness (QED) is 0.648. The summed E-state index contributed by atoms with van der Waals surface area (Å²) in [4.78, 5) is 21.1. The van der Waals surface area contributed by atoms with Gasteiger partial charge in [0.15, 0.2) is 0 Å². The summed E-state index contributed by atoms with van der Waals surface area (Å²) in [5.74, 6) is 1.67. The van der Waals surface area contributed by atoms with E-state index in [4.69, 9.17) is 0 Å². The second-order valence-corrected chi connectivity index (χ2v) is 8.04. The lowest BCUT2D eigenvalue weighted by Crippen LogP contribution is -2.40. The van der Waals surface area contributed by atoms with E-state index in [1.807, 2.05) is 30.3 Å². The number of aryl methyl sites for hydroxylation is 2. The number of aromatic nitrogens is 2. The van der Waals surface area contributed by atoms with E-state index in [1.54, 1.807) is 12.3 Å². The Labute approximate surface area is 173 Å². The van der Waals surface area contributed by atoms with Crippen molar-refractivity contribution in [2.24, 2.45) is 5.92 Å². The Kier molecular flexibility index (Phi) is 7.81. The number of benzene rings is 1. The molecule has 3 rings (SSSR count). The van der Waals surface area contributed by atoms with Crippen LogP contribution in [0, 0.1) is 11.7 Å². The third-order valence-electron chi connectivity index (χ3n) is 6.00. The predicted octanol–water partition coefficient (Wildman–Crippen LogP) is 3.39. The average Bonchev–Trinajstić information content (AvgIpc) is 3.20. The number of likely N-dealkylation sites (tertiary alicyclic amines) is 1. The van der Waals surface area contributed by atoms with Crippen molar-refractivity contribution >= 4 is 5.91 Å². The molecule has 158 valence electrons. The fraction of sp³-hybridized carbons (Fsp3) is 0.565. The fourth-order valence-corrected chi connectivity index (χ4v) is 4.13. The Morgan fingerprint density at radius 2 is 2.00 bits per heavy atom. The smallest absolute Gasteiger partial charge is 0.224 e. The Balaban J connectivity index is 1.36. The molecule has 1 aromatic carbocycles. The van der Waals surface area contributed by atoms with E-state index in [1.165, 1.54) is 6.07 Å². The summed E-state index contributed by atoms with van der Waals surface area (Å²) in [6.45, 7) is 6.54. The van der Waals surface area contributed by atoms with E-state index in [2.05, 4.69) is 21.4 Å². The van der Waals surface area contributed by atoms with Gasteiger partial charge < -0.3 is 14.4 Å². The molecule has 0 radical (unpaired) electrons. The summed E-state index contributed by atoms with van der Waals surface area (Å²) < 4.78 is 15.8. The molecule has 2 heterocycles. The van der Waals surface area contributed by atoms with Crippen molar-refractivity contribution in [3.8, 4) is 0 Å². The predicted molar refractivity (Wildman–Crippen MR) is 113 cm³/mol. The first-order chi connectivity index (χ1) is 14.1. The number of piperidine rings is 1. The zero-order valence-electron chi connectivity index (χ0n) is 17.7. The van der Waals surface area contributed by atoms with Gasteiger partial charge in [-0.25, -0.2) is 9.37 Å². The van der Waals surface area contributed by atoms with E-state index >= 15 is 0 Å². The number of nitrogens with zero attached hydrogens (tertiary/aromatic N) is 4. The molecule has 0 aliphatic carbocycles. The van der Waals surface area contributed by atoms with Crippen molar-refractivity contribution in [1.82, 2.24) is 19.4 Å². The van der Waals surface area contributed by atoms with Gasteiger partial charge >= 0.3 is 0 Å². The fourth-order valence-electron chi connectivity index (χ4n) is 4.13. The Morgan fingerprint density at radius 1 is 1.24 bits per heavy atom. The lowest BCUT2D eigenvalue weighted by atomic mass is 9.96. The van der Waals surface area contributed by atoms with Crippen LogP contribution in [0.2, 0.25) is 0 Å². The van der Waals surface area contributed by atoms with Gasteiger partial charge in [0, 0.05) is 51.9 Å². The maximum atomic E-state index is 13.8. The molecule has 0 spiro atoms. The number of amides is 1. The lowest BCUT2D eigenvalue weighted by molar-refractivity contribution is -0.130. The van der Waals surface area contributed by atoms with Crippen LogP contribution in [-0.4, -0.2) is 58.5 Å². The Hall–Kier alpha value is -2.21. The van der Waals surface area contributed by atoms with Gasteiger partial charge in [0.1, 0.15) is 11.6 Å². The normalized spacial score (nSPS) is 15.6. The topological polar surface area (TPSA) is 41.4 Å². The minimum absolute atomic E-state index is 0.107. The number of carbonyl (C=O) groups excluding carboxylic acids is 1. The van der Waals surface area contributed by atoms with E-state index < -0.39 is 0 Å². The number of halogens is 1. The third kappa shape index (κ3) is 6.13. The first-order valence-electron chi connectivity index (χ1n) is 10.8. The Morgan fingerprint density at radius 3 is 2.72 bits per heavy atom. The van der Waals surface area contributed by atoms with Gasteiger partial charge in [0.2, 0.25) is 5.91 Å². The molecule has 0 saturated carbocycles. The molecule has 2 aromatic rings. The minimum atomic E-state index is -0.107. The van der Waals surface area contributed by atoms with Crippen molar-refractivity contribution in [3.05, 3.63) is 53.9 Å². The summed E-state index contributed by atoms with van der Waals surface area (Å²) in [7, 11) is 1.92. The molecule has 1 saturated heterocycles. The summed E-state index contributed by atoms with van der Waals surface area (Å²) in [5.41, 5.74) is 0.795. The SMILES string of the molecule is CCc1nccn1CCC(=O)N(C)CC1CCN(CCc2ccccc2F)CC1. The number of imidazole rings is 1. The van der Waals surface area contributed by atoms with Gasteiger partial charge in [-0.1, -0.05) is 25.1 Å². The zero-order valence-corrected chi connectivity index (χ0v) is 17.7. The summed E-state index contributed by atoms with van der Waals surface area (Å²) in [5, 5.41) is 0. The standard InChI is InChI=1S/C23H33FN4O/c1-3-22-25-12-17-28(22)16-11-23(29)26(2)18-19-8-13-27(14-9-19)15-10-20-6-4-5-7-21(20)24/h4-7,12,17,19H,3,8-11,13-16,18H2,1-2H3. The molecule has 0 unspecified atom stereocenters. The van der Waals surface area contributed by atoms with Crippen molar-refractivity contribution in [2.45, 2.75) is 45.6 Å². The second kappa shape index (κ2) is 10.5. The number of hydrogen-bond donors (Lipinski definition) is 0. The highest BCUT2D eigenvalue weighted by atomic mass is 19.1. The molecule has 29 heavy (non-hydrogen) atoms. The highest BCUT2D eigenvalue weighted by Crippen LogP contribution is 2.19. The maximum Gasteiger partial charge on any atom is 0.224 e. The summed E-state index contributed by atoms with van der Waals surface area (Å²) in [6, 6.07) is 7.04. The van der Waals surface area contributed by atoms with Crippen LogP contribution in [0.4, 0.5) is 4.39 Å². The Bertz CT molecular complexity index is 783. The molecule has 1 amide bonds. The summed E-state index contributed by atoms with van der Waals surface area (Å²) in [6.07, 6.45) is 8.08. The van der Waals surface area contributed by atoms with Crippen LogP contribution in [-0.2, 0) is 24.2 Å². The van der Waals surface area contributed by atoms with E-state index in [9.17, 15) is 9.18 Å². The number of hydrogen-bond acceptors (Lipinski definition) is 3. The second-order valence-electron chi connectivity index (χ2n) is 8.04. The summed E-state index contributed by atoms with van der Waals surface area (Å²) >= 11 is 0. The molecule has 1 aliphatic rings. The molecular weight excluding hydrogens is 367 g/mol. The van der Waals surface area contributed by atoms with Crippen molar-refractivity contribution in [2.75, 3.05) is 33.2 Å². The molecule has 1 aromatic heterocycles. The third-order valence-corrected chi connectivity index (χ3v) is 6.00. The highest BCUT2D eigenvalue weighted by Gasteiger charge is 2.22. The van der Waals surface area contributed by atoms with Gasteiger partial charge in [0.25, 0.3) is 0 Å². The molecule has 6 heteroatoms. The molecule has 1 fully saturated rings. The molecule has 5 nitrogen and oxygen atoms in total. The van der Waals surface area contributed by atoms with Gasteiger partial charge in [0.05, 0.1) is 0 Å². The van der Waals surface area contributed by atoms with Crippen LogP contribution in [0.25, 0.3) is 0 Å². The molecule has 0 atom stereocenters. The van der Waals surface area contributed by atoms with Gasteiger partial charge in [-0.2, -0.15) is 0 Å². The van der Waals surface area contributed by atoms with Crippen molar-refractivity contribution < 1.29 is 9.18 Å². The van der Waals surface area contributed by atoms with Crippen LogP contribution < -0.4 is 0 Å². The zero-order chi connectivity index (χ0) is 20.6. The first-order valence-corrected chi connectivity index (χ1v) is 10.8. The molecular formula is C23H33FN4O. The van der Waals surface area contributed by atoms with Gasteiger partial charge in [-0.3, -0.25) is 4.79 Å². The van der Waals surface area contributed by atoms with E-state index in [0.717, 1.165) is 63.3 Å². The van der Waals surface area contributed by atoms with E-state index in [-0.39, 0.29) is 11.7 Å². The molecule has 1 aliphatic heterocycles. The van der Waals surface area contributed by atoms with Crippen LogP contribution in [0.5, 0.6) is 0 Å². The maximum absolute atomic E-state index is 13.8. The molecule has 0 N–H and O–H groups in total. The van der Waals surface area contributed by atoms with Crippen molar-refractivity contribution in [1.29, 1.82) is 0 Å². The van der Waals surface area contributed by atoms with E-state index in [0.29, 0.717) is 18.9 Å². The first kappa shape index (κ1) is 21.5. The van der Waals surface area contributed by atoms with Crippen LogP contribution in [0.15, 0.2) is 36.7 Å². The highest BCUT2D eigenvalue weighted by molar-refractivity contribution is 5.75. The van der Waals surface area contributed by atoms with Gasteiger partial charge in [-0.05, 0) is 49.9 Å². The number of carbonyl (C=O) groups is 1. The number of rotatable bonds is 9. The monoisotopic (exact) mass is 400 g/mol. The lowest BCUT2D eigenvalue weighted by Gasteiger charge is -2.34. The van der Waals surface area contributed by atoms with Crippen LogP contribution >= 0.6 is 0 Å². The largest absolute Gasteiger partial charge is 0.345 e. The average molecular weight is 401 g/mol. The van der Waals surface area contributed by atoms with Gasteiger partial charge in [-0.15, -0.1) is 0 Å². The van der Waals surface area contributed by atoms with Crippen LogP contribution in [0.1, 0.15) is 37.6 Å². The minimum Gasteiger partial charge on any atom is -0.345 e. The van der Waals surface area contributed by atoms with Crippen molar-refractivity contribution in [3.63, 3.8) is 0 Å². The van der Waals surface area contributed by atoms with Crippen LogP contribution in [0.3, 0.4) is 0 Å². The molecule has 0 bridgehead atoms.